The van der Waals surface area contributed by atoms with Gasteiger partial charge in [-0.25, -0.2) is 9.97 Å². The number of nitrogens with one attached hydrogen (secondary N) is 1. The normalized spacial score (nSPS) is 21.6. The summed E-state index contributed by atoms with van der Waals surface area (Å²) in [5.74, 6) is 0.743. The van der Waals surface area contributed by atoms with Crippen molar-refractivity contribution in [2.24, 2.45) is 0 Å². The highest BCUT2D eigenvalue weighted by Gasteiger charge is 2.24. The Morgan fingerprint density at radius 1 is 1.56 bits per heavy atom. The summed E-state index contributed by atoms with van der Waals surface area (Å²) in [4.78, 5) is 10.5. The molecule has 1 unspecified atom stereocenters. The number of likely N-dealkylation sites (tertiary alicyclic amines) is 1. The molecule has 0 aliphatic carbocycles. The van der Waals surface area contributed by atoms with Gasteiger partial charge in [0.05, 0.1) is 6.20 Å². The van der Waals surface area contributed by atoms with Gasteiger partial charge in [-0.1, -0.05) is 11.6 Å². The molecule has 1 aliphatic rings. The Hall–Kier alpha value is -0.870. The first-order chi connectivity index (χ1) is 7.66. The number of hydrogen-bond acceptors (Lipinski definition) is 4. The van der Waals surface area contributed by atoms with Gasteiger partial charge in [0.1, 0.15) is 17.2 Å². The van der Waals surface area contributed by atoms with Crippen molar-refractivity contribution in [3.8, 4) is 0 Å². The molecule has 1 atom stereocenters. The molecule has 1 fully saturated rings. The maximum absolute atomic E-state index is 6.00. The molecule has 1 N–H and O–H groups in total. The minimum Gasteiger partial charge on any atom is -0.365 e. The minimum atomic E-state index is 0.440. The van der Waals surface area contributed by atoms with Crippen LogP contribution in [-0.4, -0.2) is 40.0 Å². The molecule has 4 nitrogen and oxygen atoms in total. The Morgan fingerprint density at radius 2 is 2.38 bits per heavy atom. The zero-order valence-corrected chi connectivity index (χ0v) is 10.4. The van der Waals surface area contributed by atoms with Crippen molar-refractivity contribution in [1.29, 1.82) is 0 Å². The molecule has 0 saturated carbocycles. The van der Waals surface area contributed by atoms with Crippen molar-refractivity contribution in [1.82, 2.24) is 14.9 Å². The van der Waals surface area contributed by atoms with Gasteiger partial charge in [0.25, 0.3) is 0 Å². The molecule has 5 heteroatoms. The zero-order chi connectivity index (χ0) is 11.5. The zero-order valence-electron chi connectivity index (χ0n) is 9.65. The largest absolute Gasteiger partial charge is 0.365 e. The van der Waals surface area contributed by atoms with Crippen LogP contribution in [0.15, 0.2) is 12.5 Å². The third-order valence-corrected chi connectivity index (χ3v) is 3.24. The summed E-state index contributed by atoms with van der Waals surface area (Å²) in [6.07, 6.45) is 4.27. The maximum atomic E-state index is 6.00. The van der Waals surface area contributed by atoms with Gasteiger partial charge in [-0.2, -0.15) is 0 Å². The van der Waals surface area contributed by atoms with Gasteiger partial charge in [0, 0.05) is 25.2 Å². The van der Waals surface area contributed by atoms with Gasteiger partial charge in [-0.3, -0.25) is 4.90 Å². The van der Waals surface area contributed by atoms with E-state index in [2.05, 4.69) is 34.0 Å². The van der Waals surface area contributed by atoms with Crippen molar-refractivity contribution in [2.45, 2.75) is 32.4 Å². The van der Waals surface area contributed by atoms with E-state index >= 15 is 0 Å². The monoisotopic (exact) mass is 240 g/mol. The minimum absolute atomic E-state index is 0.440. The van der Waals surface area contributed by atoms with Crippen LogP contribution < -0.4 is 5.32 Å². The van der Waals surface area contributed by atoms with E-state index < -0.39 is 0 Å². The number of aromatic nitrogens is 2. The fourth-order valence-corrected chi connectivity index (χ4v) is 2.15. The summed E-state index contributed by atoms with van der Waals surface area (Å²) < 4.78 is 0. The van der Waals surface area contributed by atoms with E-state index in [0.717, 1.165) is 25.3 Å². The molecule has 0 amide bonds. The van der Waals surface area contributed by atoms with E-state index in [1.807, 2.05) is 0 Å². The van der Waals surface area contributed by atoms with Crippen molar-refractivity contribution < 1.29 is 0 Å². The molecule has 2 rings (SSSR count). The fourth-order valence-electron chi connectivity index (χ4n) is 1.99. The molecule has 0 aromatic carbocycles. The highest BCUT2D eigenvalue weighted by Crippen LogP contribution is 2.21. The average Bonchev–Trinajstić information content (AvgIpc) is 2.70. The molecule has 0 spiro atoms. The van der Waals surface area contributed by atoms with E-state index in [1.54, 1.807) is 6.20 Å². The fraction of sp³-hybridized carbons (Fsp3) is 0.636. The van der Waals surface area contributed by atoms with Crippen molar-refractivity contribution in [3.63, 3.8) is 0 Å². The van der Waals surface area contributed by atoms with Gasteiger partial charge in [0.2, 0.25) is 0 Å². The lowest BCUT2D eigenvalue weighted by Gasteiger charge is -2.20. The van der Waals surface area contributed by atoms with Crippen LogP contribution in [0.25, 0.3) is 0 Å². The lowest BCUT2D eigenvalue weighted by Crippen LogP contribution is -2.31. The molecule has 2 heterocycles. The second-order valence-electron chi connectivity index (χ2n) is 4.44. The van der Waals surface area contributed by atoms with Gasteiger partial charge >= 0.3 is 0 Å². The van der Waals surface area contributed by atoms with Crippen LogP contribution in [0.3, 0.4) is 0 Å². The molecular weight excluding hydrogens is 224 g/mol. The van der Waals surface area contributed by atoms with Crippen LogP contribution in [0.4, 0.5) is 5.82 Å². The Morgan fingerprint density at radius 3 is 3.00 bits per heavy atom. The summed E-state index contributed by atoms with van der Waals surface area (Å²) >= 11 is 6.00. The first-order valence-electron chi connectivity index (χ1n) is 5.63. The van der Waals surface area contributed by atoms with Crippen LogP contribution in [0.1, 0.15) is 20.3 Å². The quantitative estimate of drug-likeness (QED) is 0.878. The summed E-state index contributed by atoms with van der Waals surface area (Å²) in [5, 5.41) is 3.96. The third kappa shape index (κ3) is 2.62. The summed E-state index contributed by atoms with van der Waals surface area (Å²) in [7, 11) is 0. The molecule has 16 heavy (non-hydrogen) atoms. The number of nitrogens with zero attached hydrogens (tertiary/aromatic N) is 3. The second kappa shape index (κ2) is 4.97. The molecular formula is C11H17ClN4. The third-order valence-electron chi connectivity index (χ3n) is 2.96. The van der Waals surface area contributed by atoms with Crippen molar-refractivity contribution in [3.05, 3.63) is 17.5 Å². The van der Waals surface area contributed by atoms with Gasteiger partial charge in [0.15, 0.2) is 0 Å². The average molecular weight is 241 g/mol. The van der Waals surface area contributed by atoms with E-state index in [0.29, 0.717) is 17.1 Å². The molecule has 1 saturated heterocycles. The first-order valence-corrected chi connectivity index (χ1v) is 6.00. The topological polar surface area (TPSA) is 41.0 Å². The lowest BCUT2D eigenvalue weighted by molar-refractivity contribution is 0.274. The maximum Gasteiger partial charge on any atom is 0.148 e. The van der Waals surface area contributed by atoms with Gasteiger partial charge in [-0.15, -0.1) is 0 Å². The standard InChI is InChI=1S/C11H17ClN4/c1-8(2)16-4-3-9(6-16)15-11-10(12)5-13-7-14-11/h5,7-9H,3-4,6H2,1-2H3,(H,13,14,15). The van der Waals surface area contributed by atoms with Crippen molar-refractivity contribution in [2.75, 3.05) is 18.4 Å². The number of rotatable bonds is 3. The smallest absolute Gasteiger partial charge is 0.148 e. The van der Waals surface area contributed by atoms with Crippen LogP contribution in [-0.2, 0) is 0 Å². The van der Waals surface area contributed by atoms with E-state index in [4.69, 9.17) is 11.6 Å². The summed E-state index contributed by atoms with van der Waals surface area (Å²) in [5.41, 5.74) is 0. The summed E-state index contributed by atoms with van der Waals surface area (Å²) in [6, 6.07) is 1.04. The van der Waals surface area contributed by atoms with Gasteiger partial charge < -0.3 is 5.32 Å². The van der Waals surface area contributed by atoms with Crippen LogP contribution >= 0.6 is 11.6 Å². The van der Waals surface area contributed by atoms with E-state index in [-0.39, 0.29) is 0 Å². The van der Waals surface area contributed by atoms with E-state index in [1.165, 1.54) is 6.33 Å². The Balaban J connectivity index is 1.95. The Kier molecular flexibility index (Phi) is 3.61. The molecule has 1 aromatic rings. The van der Waals surface area contributed by atoms with E-state index in [9.17, 15) is 0 Å². The Labute approximate surface area is 101 Å². The number of halogens is 1. The predicted molar refractivity (Wildman–Crippen MR) is 65.8 cm³/mol. The first kappa shape index (κ1) is 11.6. The highest BCUT2D eigenvalue weighted by atomic mass is 35.5. The van der Waals surface area contributed by atoms with Crippen LogP contribution in [0, 0.1) is 0 Å². The second-order valence-corrected chi connectivity index (χ2v) is 4.85. The van der Waals surface area contributed by atoms with Gasteiger partial charge in [-0.05, 0) is 20.3 Å². The molecule has 88 valence electrons. The Bertz CT molecular complexity index is 356. The molecule has 0 bridgehead atoms. The molecule has 1 aliphatic heterocycles. The number of hydrogen-bond donors (Lipinski definition) is 1. The summed E-state index contributed by atoms with van der Waals surface area (Å²) in [6.45, 7) is 6.64. The predicted octanol–water partition coefficient (Wildman–Crippen LogP) is 2.02. The molecule has 1 aromatic heterocycles. The van der Waals surface area contributed by atoms with Crippen LogP contribution in [0.5, 0.6) is 0 Å². The highest BCUT2D eigenvalue weighted by molar-refractivity contribution is 6.32. The molecule has 0 radical (unpaired) electrons. The number of anilines is 1. The van der Waals surface area contributed by atoms with Crippen molar-refractivity contribution >= 4 is 17.4 Å². The SMILES string of the molecule is CC(C)N1CCC(Nc2ncncc2Cl)C1. The lowest BCUT2D eigenvalue weighted by atomic mass is 10.2. The van der Waals surface area contributed by atoms with Crippen LogP contribution in [0.2, 0.25) is 5.02 Å².